The summed E-state index contributed by atoms with van der Waals surface area (Å²) < 4.78 is 5.00. The van der Waals surface area contributed by atoms with Crippen molar-refractivity contribution in [1.29, 1.82) is 0 Å². The Bertz CT molecular complexity index is 399. The normalized spacial score (nSPS) is 10.3. The summed E-state index contributed by atoms with van der Waals surface area (Å²) >= 11 is 10.9. The molecule has 0 bridgehead atoms. The van der Waals surface area contributed by atoms with E-state index in [4.69, 9.17) is 34.3 Å². The van der Waals surface area contributed by atoms with Crippen LogP contribution in [0.4, 0.5) is 5.69 Å². The van der Waals surface area contributed by atoms with E-state index in [0.29, 0.717) is 10.0 Å². The zero-order valence-electron chi connectivity index (χ0n) is 10.5. The van der Waals surface area contributed by atoms with E-state index in [1.165, 1.54) is 0 Å². The molecular formula is C13H19ClN2OS. The Balaban J connectivity index is 2.44. The van der Waals surface area contributed by atoms with Gasteiger partial charge in [-0.1, -0.05) is 23.8 Å². The van der Waals surface area contributed by atoms with Gasteiger partial charge in [-0.2, -0.15) is 0 Å². The Morgan fingerprint density at radius 3 is 2.83 bits per heavy atom. The molecule has 3 N–H and O–H groups in total. The Morgan fingerprint density at radius 1 is 1.39 bits per heavy atom. The van der Waals surface area contributed by atoms with Gasteiger partial charge in [0.25, 0.3) is 0 Å². The maximum absolute atomic E-state index is 5.92. The van der Waals surface area contributed by atoms with Crippen molar-refractivity contribution >= 4 is 34.5 Å². The van der Waals surface area contributed by atoms with Gasteiger partial charge in [-0.3, -0.25) is 0 Å². The summed E-state index contributed by atoms with van der Waals surface area (Å²) in [4.78, 5) is 0.361. The highest BCUT2D eigenvalue weighted by atomic mass is 35.5. The second-order valence-electron chi connectivity index (χ2n) is 4.03. The highest BCUT2D eigenvalue weighted by Crippen LogP contribution is 2.20. The summed E-state index contributed by atoms with van der Waals surface area (Å²) in [7, 11) is 1.72. The number of thiocarbonyl (C=S) groups is 1. The number of anilines is 1. The van der Waals surface area contributed by atoms with Gasteiger partial charge in [0.05, 0.1) is 0 Å². The number of methoxy groups -OCH3 is 1. The monoisotopic (exact) mass is 286 g/mol. The lowest BCUT2D eigenvalue weighted by Gasteiger charge is -2.11. The fourth-order valence-electron chi connectivity index (χ4n) is 1.65. The first-order valence-electron chi connectivity index (χ1n) is 5.97. The molecule has 0 saturated heterocycles. The minimum absolute atomic E-state index is 0.361. The van der Waals surface area contributed by atoms with Crippen LogP contribution in [0, 0.1) is 0 Å². The molecule has 0 aliphatic rings. The molecule has 3 nitrogen and oxygen atoms in total. The third kappa shape index (κ3) is 5.21. The molecule has 0 heterocycles. The van der Waals surface area contributed by atoms with E-state index in [-0.39, 0.29) is 0 Å². The van der Waals surface area contributed by atoms with E-state index in [1.807, 2.05) is 12.1 Å². The molecule has 0 aliphatic heterocycles. The summed E-state index contributed by atoms with van der Waals surface area (Å²) in [6, 6.07) is 5.53. The summed E-state index contributed by atoms with van der Waals surface area (Å²) in [5.41, 5.74) is 7.41. The summed E-state index contributed by atoms with van der Waals surface area (Å²) in [6.07, 6.45) is 3.31. The number of ether oxygens (including phenoxy) is 1. The maximum Gasteiger partial charge on any atom is 0.106 e. The van der Waals surface area contributed by atoms with Crippen molar-refractivity contribution in [2.45, 2.75) is 19.3 Å². The number of halogens is 1. The summed E-state index contributed by atoms with van der Waals surface area (Å²) in [5, 5.41) is 3.97. The molecule has 0 fully saturated rings. The quantitative estimate of drug-likeness (QED) is 0.569. The second kappa shape index (κ2) is 8.29. The van der Waals surface area contributed by atoms with Crippen LogP contribution in [0.25, 0.3) is 0 Å². The van der Waals surface area contributed by atoms with Crippen molar-refractivity contribution in [2.75, 3.05) is 25.6 Å². The molecule has 0 amide bonds. The van der Waals surface area contributed by atoms with Gasteiger partial charge >= 0.3 is 0 Å². The molecule has 1 aromatic carbocycles. The third-order valence-electron chi connectivity index (χ3n) is 2.59. The van der Waals surface area contributed by atoms with Gasteiger partial charge in [-0.25, -0.2) is 0 Å². The maximum atomic E-state index is 5.92. The molecule has 0 spiro atoms. The fourth-order valence-corrected chi connectivity index (χ4v) is 1.99. The minimum atomic E-state index is 0.361. The lowest BCUT2D eigenvalue weighted by molar-refractivity contribution is 0.192. The van der Waals surface area contributed by atoms with E-state index in [2.05, 4.69) is 5.32 Å². The summed E-state index contributed by atoms with van der Waals surface area (Å²) in [5.74, 6) is 0. The smallest absolute Gasteiger partial charge is 0.106 e. The molecule has 0 unspecified atom stereocenters. The molecule has 1 rings (SSSR count). The highest BCUT2D eigenvalue weighted by molar-refractivity contribution is 7.80. The molecule has 0 radical (unpaired) electrons. The Labute approximate surface area is 119 Å². The Morgan fingerprint density at radius 2 is 2.17 bits per heavy atom. The van der Waals surface area contributed by atoms with Gasteiger partial charge in [0.2, 0.25) is 0 Å². The molecule has 100 valence electrons. The van der Waals surface area contributed by atoms with E-state index >= 15 is 0 Å². The van der Waals surface area contributed by atoms with Crippen molar-refractivity contribution in [3.8, 4) is 0 Å². The molecule has 0 aromatic heterocycles. The van der Waals surface area contributed by atoms with Crippen molar-refractivity contribution in [1.82, 2.24) is 0 Å². The van der Waals surface area contributed by atoms with Crippen LogP contribution in [0.15, 0.2) is 18.2 Å². The standard InChI is InChI=1S/C13H19ClN2OS/c1-17-8-4-2-3-7-16-12-6-5-10(14)9-11(12)13(15)18/h5-6,9,16H,2-4,7-8H2,1H3,(H2,15,18). The average molecular weight is 287 g/mol. The Kier molecular flexibility index (Phi) is 7.01. The largest absolute Gasteiger partial charge is 0.389 e. The fraction of sp³-hybridized carbons (Fsp3) is 0.462. The molecular weight excluding hydrogens is 268 g/mol. The molecule has 5 heteroatoms. The van der Waals surface area contributed by atoms with Gasteiger partial charge in [-0.15, -0.1) is 0 Å². The van der Waals surface area contributed by atoms with E-state index in [9.17, 15) is 0 Å². The second-order valence-corrected chi connectivity index (χ2v) is 4.91. The van der Waals surface area contributed by atoms with Crippen LogP contribution in [0.2, 0.25) is 5.02 Å². The van der Waals surface area contributed by atoms with Crippen LogP contribution in [0.3, 0.4) is 0 Å². The number of rotatable bonds is 8. The van der Waals surface area contributed by atoms with E-state index in [0.717, 1.165) is 43.7 Å². The molecule has 18 heavy (non-hydrogen) atoms. The first kappa shape index (κ1) is 15.2. The van der Waals surface area contributed by atoms with E-state index < -0.39 is 0 Å². The van der Waals surface area contributed by atoms with Gasteiger partial charge in [0.1, 0.15) is 4.99 Å². The van der Waals surface area contributed by atoms with Gasteiger partial charge in [0.15, 0.2) is 0 Å². The zero-order valence-corrected chi connectivity index (χ0v) is 12.1. The minimum Gasteiger partial charge on any atom is -0.389 e. The first-order valence-corrected chi connectivity index (χ1v) is 6.76. The van der Waals surface area contributed by atoms with Crippen LogP contribution in [-0.4, -0.2) is 25.2 Å². The van der Waals surface area contributed by atoms with E-state index in [1.54, 1.807) is 13.2 Å². The number of nitrogens with one attached hydrogen (secondary N) is 1. The number of nitrogens with two attached hydrogens (primary N) is 1. The number of benzene rings is 1. The van der Waals surface area contributed by atoms with Crippen molar-refractivity contribution < 1.29 is 4.74 Å². The number of hydrogen-bond acceptors (Lipinski definition) is 3. The molecule has 0 atom stereocenters. The Hall–Kier alpha value is -0.840. The first-order chi connectivity index (χ1) is 8.65. The molecule has 0 saturated carbocycles. The lowest BCUT2D eigenvalue weighted by atomic mass is 10.1. The van der Waals surface area contributed by atoms with Crippen molar-refractivity contribution in [3.63, 3.8) is 0 Å². The van der Waals surface area contributed by atoms with Crippen molar-refractivity contribution in [2.24, 2.45) is 5.73 Å². The van der Waals surface area contributed by atoms with Crippen LogP contribution >= 0.6 is 23.8 Å². The van der Waals surface area contributed by atoms with Gasteiger partial charge in [0, 0.05) is 36.5 Å². The number of hydrogen-bond donors (Lipinski definition) is 2. The SMILES string of the molecule is COCCCCCNc1ccc(Cl)cc1C(N)=S. The third-order valence-corrected chi connectivity index (χ3v) is 3.04. The lowest BCUT2D eigenvalue weighted by Crippen LogP contribution is -2.13. The number of unbranched alkanes of at least 4 members (excludes halogenated alkanes) is 2. The van der Waals surface area contributed by atoms with Crippen LogP contribution in [0.5, 0.6) is 0 Å². The highest BCUT2D eigenvalue weighted by Gasteiger charge is 2.05. The van der Waals surface area contributed by atoms with Crippen LogP contribution < -0.4 is 11.1 Å². The van der Waals surface area contributed by atoms with Gasteiger partial charge in [-0.05, 0) is 37.5 Å². The van der Waals surface area contributed by atoms with Crippen LogP contribution in [0.1, 0.15) is 24.8 Å². The predicted molar refractivity (Wildman–Crippen MR) is 81.6 cm³/mol. The molecule has 0 aliphatic carbocycles. The summed E-state index contributed by atoms with van der Waals surface area (Å²) in [6.45, 7) is 1.71. The average Bonchev–Trinajstić information content (AvgIpc) is 2.35. The van der Waals surface area contributed by atoms with Gasteiger partial charge < -0.3 is 15.8 Å². The predicted octanol–water partition coefficient (Wildman–Crippen LogP) is 3.20. The van der Waals surface area contributed by atoms with Crippen LogP contribution in [-0.2, 0) is 4.74 Å². The zero-order chi connectivity index (χ0) is 13.4. The molecule has 1 aromatic rings. The van der Waals surface area contributed by atoms with Crippen molar-refractivity contribution in [3.05, 3.63) is 28.8 Å². The topological polar surface area (TPSA) is 47.3 Å².